The number of aldehydes is 1. The van der Waals surface area contributed by atoms with Crippen LogP contribution in [0.25, 0.3) is 0 Å². The summed E-state index contributed by atoms with van der Waals surface area (Å²) in [7, 11) is 0. The highest BCUT2D eigenvalue weighted by Gasteiger charge is 2.03. The molecule has 0 spiro atoms. The number of carbonyl (C=O) groups excluding carboxylic acids is 1. The van der Waals surface area contributed by atoms with Gasteiger partial charge in [0.15, 0.2) is 0 Å². The Morgan fingerprint density at radius 3 is 2.65 bits per heavy atom. The Bertz CT molecular complexity index is 557. The SMILES string of the molecule is O=Cc1cc(F)cc(Sc2cccc(Cl)c2)c1. The van der Waals surface area contributed by atoms with Gasteiger partial charge in [0, 0.05) is 20.4 Å². The van der Waals surface area contributed by atoms with Gasteiger partial charge in [0.05, 0.1) is 0 Å². The molecule has 0 aliphatic rings. The van der Waals surface area contributed by atoms with Crippen LogP contribution in [0.2, 0.25) is 5.02 Å². The quantitative estimate of drug-likeness (QED) is 0.764. The number of hydrogen-bond donors (Lipinski definition) is 0. The molecule has 2 rings (SSSR count). The lowest BCUT2D eigenvalue weighted by Crippen LogP contribution is -1.84. The van der Waals surface area contributed by atoms with E-state index in [4.69, 9.17) is 11.6 Å². The summed E-state index contributed by atoms with van der Waals surface area (Å²) < 4.78 is 13.2. The van der Waals surface area contributed by atoms with Crippen molar-refractivity contribution in [1.82, 2.24) is 0 Å². The van der Waals surface area contributed by atoms with Crippen LogP contribution < -0.4 is 0 Å². The van der Waals surface area contributed by atoms with Crippen LogP contribution >= 0.6 is 23.4 Å². The smallest absolute Gasteiger partial charge is 0.150 e. The molecule has 1 nitrogen and oxygen atoms in total. The first-order valence-electron chi connectivity index (χ1n) is 4.86. The molecule has 0 aromatic heterocycles. The maximum absolute atomic E-state index is 13.2. The first-order chi connectivity index (χ1) is 8.17. The van der Waals surface area contributed by atoms with Crippen LogP contribution in [0.5, 0.6) is 0 Å². The fraction of sp³-hybridized carbons (Fsp3) is 0. The first kappa shape index (κ1) is 12.1. The van der Waals surface area contributed by atoms with Gasteiger partial charge in [-0.2, -0.15) is 0 Å². The largest absolute Gasteiger partial charge is 0.298 e. The van der Waals surface area contributed by atoms with E-state index in [9.17, 15) is 9.18 Å². The summed E-state index contributed by atoms with van der Waals surface area (Å²) in [6.45, 7) is 0. The van der Waals surface area contributed by atoms with Gasteiger partial charge in [-0.1, -0.05) is 29.4 Å². The van der Waals surface area contributed by atoms with Crippen molar-refractivity contribution in [2.24, 2.45) is 0 Å². The van der Waals surface area contributed by atoms with Gasteiger partial charge >= 0.3 is 0 Å². The van der Waals surface area contributed by atoms with Crippen LogP contribution in [0.1, 0.15) is 10.4 Å². The molecule has 86 valence electrons. The van der Waals surface area contributed by atoms with Gasteiger partial charge < -0.3 is 0 Å². The molecule has 0 aliphatic carbocycles. The minimum atomic E-state index is -0.417. The average molecular weight is 267 g/mol. The van der Waals surface area contributed by atoms with E-state index in [1.807, 2.05) is 12.1 Å². The zero-order valence-electron chi connectivity index (χ0n) is 8.69. The maximum Gasteiger partial charge on any atom is 0.150 e. The Labute approximate surface area is 108 Å². The molecule has 0 amide bonds. The number of hydrogen-bond acceptors (Lipinski definition) is 2. The van der Waals surface area contributed by atoms with E-state index in [2.05, 4.69) is 0 Å². The van der Waals surface area contributed by atoms with Gasteiger partial charge in [-0.3, -0.25) is 4.79 Å². The first-order valence-corrected chi connectivity index (χ1v) is 6.06. The third kappa shape index (κ3) is 3.32. The third-order valence-corrected chi connectivity index (χ3v) is 3.26. The van der Waals surface area contributed by atoms with Crippen LogP contribution in [-0.2, 0) is 0 Å². The van der Waals surface area contributed by atoms with E-state index in [0.29, 0.717) is 21.8 Å². The summed E-state index contributed by atoms with van der Waals surface area (Å²) in [6, 6.07) is 11.5. The highest BCUT2D eigenvalue weighted by atomic mass is 35.5. The topological polar surface area (TPSA) is 17.1 Å². The van der Waals surface area contributed by atoms with Gasteiger partial charge in [0.1, 0.15) is 12.1 Å². The summed E-state index contributed by atoms with van der Waals surface area (Å²) in [4.78, 5) is 12.2. The van der Waals surface area contributed by atoms with Crippen molar-refractivity contribution in [1.29, 1.82) is 0 Å². The van der Waals surface area contributed by atoms with E-state index in [-0.39, 0.29) is 0 Å². The molecule has 2 aromatic carbocycles. The van der Waals surface area contributed by atoms with Gasteiger partial charge in [-0.05, 0) is 36.4 Å². The summed E-state index contributed by atoms with van der Waals surface area (Å²) >= 11 is 7.22. The lowest BCUT2D eigenvalue weighted by atomic mass is 10.2. The van der Waals surface area contributed by atoms with Crippen molar-refractivity contribution in [3.05, 3.63) is 58.9 Å². The van der Waals surface area contributed by atoms with Crippen LogP contribution in [0, 0.1) is 5.82 Å². The van der Waals surface area contributed by atoms with Crippen molar-refractivity contribution >= 4 is 29.6 Å². The van der Waals surface area contributed by atoms with Crippen LogP contribution in [0.3, 0.4) is 0 Å². The normalized spacial score (nSPS) is 10.2. The zero-order valence-corrected chi connectivity index (χ0v) is 10.3. The number of halogens is 2. The molecule has 0 aliphatic heterocycles. The second-order valence-electron chi connectivity index (χ2n) is 3.40. The van der Waals surface area contributed by atoms with E-state index in [0.717, 1.165) is 4.90 Å². The summed E-state index contributed by atoms with van der Waals surface area (Å²) in [5.41, 5.74) is 0.328. The minimum Gasteiger partial charge on any atom is -0.298 e. The Kier molecular flexibility index (Phi) is 3.82. The third-order valence-electron chi connectivity index (χ3n) is 2.06. The van der Waals surface area contributed by atoms with E-state index >= 15 is 0 Å². The summed E-state index contributed by atoms with van der Waals surface area (Å²) in [5.74, 6) is -0.417. The lowest BCUT2D eigenvalue weighted by molar-refractivity contribution is 0.112. The predicted octanol–water partition coefficient (Wildman–Crippen LogP) is 4.44. The molecular formula is C13H8ClFOS. The molecule has 0 saturated carbocycles. The molecular weight excluding hydrogens is 259 g/mol. The Balaban J connectivity index is 2.29. The zero-order chi connectivity index (χ0) is 12.3. The van der Waals surface area contributed by atoms with Gasteiger partial charge in [-0.25, -0.2) is 4.39 Å². The molecule has 0 radical (unpaired) electrons. The van der Waals surface area contributed by atoms with Gasteiger partial charge in [0.2, 0.25) is 0 Å². The molecule has 0 fully saturated rings. The summed E-state index contributed by atoms with van der Waals surface area (Å²) in [6.07, 6.45) is 0.630. The van der Waals surface area contributed by atoms with E-state index in [1.54, 1.807) is 18.2 Å². The van der Waals surface area contributed by atoms with Crippen molar-refractivity contribution in [3.8, 4) is 0 Å². The van der Waals surface area contributed by atoms with Crippen LogP contribution in [0.4, 0.5) is 4.39 Å². The second kappa shape index (κ2) is 5.34. The molecule has 0 unspecified atom stereocenters. The van der Waals surface area contributed by atoms with Crippen LogP contribution in [-0.4, -0.2) is 6.29 Å². The van der Waals surface area contributed by atoms with E-state index in [1.165, 1.54) is 23.9 Å². The van der Waals surface area contributed by atoms with Gasteiger partial charge in [-0.15, -0.1) is 0 Å². The van der Waals surface area contributed by atoms with Crippen molar-refractivity contribution in [2.45, 2.75) is 9.79 Å². The standard InChI is InChI=1S/C13H8ClFOS/c14-10-2-1-3-12(6-10)17-13-5-9(8-16)4-11(15)7-13/h1-8H. The molecule has 17 heavy (non-hydrogen) atoms. The fourth-order valence-corrected chi connectivity index (χ4v) is 2.60. The summed E-state index contributed by atoms with van der Waals surface area (Å²) in [5, 5.41) is 0.627. The highest BCUT2D eigenvalue weighted by Crippen LogP contribution is 2.30. The predicted molar refractivity (Wildman–Crippen MR) is 67.4 cm³/mol. The molecule has 0 bridgehead atoms. The van der Waals surface area contributed by atoms with Crippen molar-refractivity contribution in [3.63, 3.8) is 0 Å². The molecule has 0 saturated heterocycles. The lowest BCUT2D eigenvalue weighted by Gasteiger charge is -2.03. The Morgan fingerprint density at radius 1 is 1.12 bits per heavy atom. The molecule has 0 atom stereocenters. The Hall–Kier alpha value is -1.32. The van der Waals surface area contributed by atoms with Crippen molar-refractivity contribution < 1.29 is 9.18 Å². The van der Waals surface area contributed by atoms with Crippen LogP contribution in [0.15, 0.2) is 52.3 Å². The highest BCUT2D eigenvalue weighted by molar-refractivity contribution is 7.99. The average Bonchev–Trinajstić information content (AvgIpc) is 2.28. The number of benzene rings is 2. The maximum atomic E-state index is 13.2. The van der Waals surface area contributed by atoms with Crippen molar-refractivity contribution in [2.75, 3.05) is 0 Å². The monoisotopic (exact) mass is 266 g/mol. The number of carbonyl (C=O) groups is 1. The minimum absolute atomic E-state index is 0.328. The molecule has 0 heterocycles. The molecule has 2 aromatic rings. The molecule has 4 heteroatoms. The fourth-order valence-electron chi connectivity index (χ4n) is 1.38. The second-order valence-corrected chi connectivity index (χ2v) is 4.98. The molecule has 0 N–H and O–H groups in total. The number of rotatable bonds is 3. The van der Waals surface area contributed by atoms with Gasteiger partial charge in [0.25, 0.3) is 0 Å². The Morgan fingerprint density at radius 2 is 1.94 bits per heavy atom. The van der Waals surface area contributed by atoms with E-state index < -0.39 is 5.82 Å².